The molecule has 1 saturated heterocycles. The lowest BCUT2D eigenvalue weighted by molar-refractivity contribution is -0.136. The molecule has 1 aromatic carbocycles. The molecule has 1 aliphatic carbocycles. The monoisotopic (exact) mass is 407 g/mol. The van der Waals surface area contributed by atoms with E-state index in [9.17, 15) is 9.59 Å². The van der Waals surface area contributed by atoms with E-state index in [1.807, 2.05) is 41.3 Å². The van der Waals surface area contributed by atoms with Gasteiger partial charge in [-0.05, 0) is 55.5 Å². The summed E-state index contributed by atoms with van der Waals surface area (Å²) in [6, 6.07) is 11.0. The predicted octanol–water partition coefficient (Wildman–Crippen LogP) is 2.66. The summed E-state index contributed by atoms with van der Waals surface area (Å²) in [4.78, 5) is 31.8. The molecule has 5 rings (SSSR count). The molecule has 7 heteroatoms. The van der Waals surface area contributed by atoms with E-state index in [0.29, 0.717) is 37.4 Å². The smallest absolute Gasteiger partial charge is 0.231 e. The van der Waals surface area contributed by atoms with Crippen molar-refractivity contribution in [2.24, 2.45) is 11.8 Å². The number of pyridine rings is 1. The third kappa shape index (κ3) is 3.84. The Balaban J connectivity index is 1.30. The number of nitrogens with one attached hydrogen (secondary N) is 1. The maximum Gasteiger partial charge on any atom is 0.231 e. The zero-order valence-electron chi connectivity index (χ0n) is 16.8. The molecular formula is C23H25N3O4. The van der Waals surface area contributed by atoms with Crippen LogP contribution < -0.4 is 14.8 Å². The van der Waals surface area contributed by atoms with Gasteiger partial charge in [-0.1, -0.05) is 12.1 Å². The van der Waals surface area contributed by atoms with Crippen molar-refractivity contribution >= 4 is 11.8 Å². The molecule has 7 nitrogen and oxygen atoms in total. The van der Waals surface area contributed by atoms with Gasteiger partial charge in [-0.15, -0.1) is 0 Å². The Morgan fingerprint density at radius 1 is 1.00 bits per heavy atom. The number of ether oxygens (including phenoxy) is 2. The number of fused-ring (bicyclic) bond motifs is 1. The number of amides is 2. The number of hydrogen-bond donors (Lipinski definition) is 1. The van der Waals surface area contributed by atoms with Crippen LogP contribution in [0.5, 0.6) is 11.5 Å². The highest BCUT2D eigenvalue weighted by atomic mass is 16.7. The molecule has 2 amide bonds. The third-order valence-corrected chi connectivity index (χ3v) is 6.10. The van der Waals surface area contributed by atoms with Crippen molar-refractivity contribution < 1.29 is 19.1 Å². The van der Waals surface area contributed by atoms with Crippen LogP contribution in [0.2, 0.25) is 0 Å². The Hall–Kier alpha value is -3.09. The maximum atomic E-state index is 13.1. The van der Waals surface area contributed by atoms with E-state index >= 15 is 0 Å². The fourth-order valence-corrected chi connectivity index (χ4v) is 4.18. The van der Waals surface area contributed by atoms with Gasteiger partial charge in [-0.25, -0.2) is 0 Å². The predicted molar refractivity (Wildman–Crippen MR) is 109 cm³/mol. The Morgan fingerprint density at radius 3 is 2.53 bits per heavy atom. The molecule has 1 aromatic heterocycles. The van der Waals surface area contributed by atoms with Crippen LogP contribution in [0.3, 0.4) is 0 Å². The van der Waals surface area contributed by atoms with Crippen molar-refractivity contribution in [2.75, 3.05) is 19.9 Å². The Morgan fingerprint density at radius 2 is 1.80 bits per heavy atom. The number of likely N-dealkylation sites (tertiary alicyclic amines) is 1. The summed E-state index contributed by atoms with van der Waals surface area (Å²) in [7, 11) is 0. The van der Waals surface area contributed by atoms with Crippen LogP contribution in [-0.2, 0) is 9.59 Å². The molecule has 1 saturated carbocycles. The summed E-state index contributed by atoms with van der Waals surface area (Å²) in [6.07, 6.45) is 5.14. The van der Waals surface area contributed by atoms with E-state index in [4.69, 9.17) is 9.47 Å². The Bertz CT molecular complexity index is 937. The molecule has 1 N–H and O–H groups in total. The van der Waals surface area contributed by atoms with E-state index in [0.717, 1.165) is 24.1 Å². The zero-order chi connectivity index (χ0) is 20.5. The molecule has 156 valence electrons. The van der Waals surface area contributed by atoms with Gasteiger partial charge in [0.25, 0.3) is 0 Å². The summed E-state index contributed by atoms with van der Waals surface area (Å²) in [5.41, 5.74) is 1.67. The molecule has 3 heterocycles. The second-order valence-electron chi connectivity index (χ2n) is 8.18. The second kappa shape index (κ2) is 7.97. The van der Waals surface area contributed by atoms with Crippen LogP contribution in [0.4, 0.5) is 0 Å². The van der Waals surface area contributed by atoms with Crippen molar-refractivity contribution in [2.45, 2.75) is 31.7 Å². The van der Waals surface area contributed by atoms with Crippen molar-refractivity contribution in [3.63, 3.8) is 0 Å². The average molecular weight is 407 g/mol. The SMILES string of the molecule is O=C(NC(c1ccc2c(c1)OCO2)c1ccccn1)C1CCN(C(=O)C2CC2)CC1. The molecule has 2 fully saturated rings. The fourth-order valence-electron chi connectivity index (χ4n) is 4.18. The highest BCUT2D eigenvalue weighted by Crippen LogP contribution is 2.36. The van der Waals surface area contributed by atoms with Crippen LogP contribution in [0.1, 0.15) is 43.0 Å². The summed E-state index contributed by atoms with van der Waals surface area (Å²) >= 11 is 0. The van der Waals surface area contributed by atoms with Gasteiger partial charge >= 0.3 is 0 Å². The van der Waals surface area contributed by atoms with Crippen LogP contribution in [0.15, 0.2) is 42.6 Å². The van der Waals surface area contributed by atoms with Gasteiger partial charge < -0.3 is 19.7 Å². The van der Waals surface area contributed by atoms with Gasteiger partial charge in [0.15, 0.2) is 11.5 Å². The lowest BCUT2D eigenvalue weighted by atomic mass is 9.94. The number of aromatic nitrogens is 1. The number of rotatable bonds is 5. The molecule has 30 heavy (non-hydrogen) atoms. The van der Waals surface area contributed by atoms with Gasteiger partial charge in [0.05, 0.1) is 11.7 Å². The Labute approximate surface area is 175 Å². The standard InChI is InChI=1S/C23H25N3O4/c27-22(15-8-11-26(12-9-15)23(28)16-4-5-16)25-21(18-3-1-2-10-24-18)17-6-7-19-20(13-17)30-14-29-19/h1-3,6-7,10,13,15-16,21H,4-5,8-9,11-12,14H2,(H,25,27). The van der Waals surface area contributed by atoms with Gasteiger partial charge in [-0.3, -0.25) is 14.6 Å². The number of nitrogens with zero attached hydrogens (tertiary/aromatic N) is 2. The third-order valence-electron chi connectivity index (χ3n) is 6.10. The first-order valence-electron chi connectivity index (χ1n) is 10.6. The highest BCUT2D eigenvalue weighted by Gasteiger charge is 2.36. The summed E-state index contributed by atoms with van der Waals surface area (Å²) < 4.78 is 10.9. The van der Waals surface area contributed by atoms with Crippen molar-refractivity contribution in [3.8, 4) is 11.5 Å². The number of hydrogen-bond acceptors (Lipinski definition) is 5. The van der Waals surface area contributed by atoms with Crippen molar-refractivity contribution in [1.29, 1.82) is 0 Å². The quantitative estimate of drug-likeness (QED) is 0.824. The molecule has 0 spiro atoms. The molecule has 0 radical (unpaired) electrons. The number of benzene rings is 1. The number of carbonyl (C=O) groups excluding carboxylic acids is 2. The lowest BCUT2D eigenvalue weighted by Crippen LogP contribution is -2.44. The van der Waals surface area contributed by atoms with E-state index in [1.54, 1.807) is 6.20 Å². The lowest BCUT2D eigenvalue weighted by Gasteiger charge is -2.32. The minimum Gasteiger partial charge on any atom is -0.454 e. The normalized spacial score (nSPS) is 19.4. The first kappa shape index (κ1) is 18.9. The maximum absolute atomic E-state index is 13.1. The zero-order valence-corrected chi connectivity index (χ0v) is 16.8. The first-order chi connectivity index (χ1) is 14.7. The number of carbonyl (C=O) groups is 2. The van der Waals surface area contributed by atoms with E-state index in [2.05, 4.69) is 10.3 Å². The first-order valence-corrected chi connectivity index (χ1v) is 10.6. The summed E-state index contributed by atoms with van der Waals surface area (Å²) in [5, 5.41) is 3.19. The Kier molecular flexibility index (Phi) is 5.02. The van der Waals surface area contributed by atoms with Crippen LogP contribution >= 0.6 is 0 Å². The molecule has 3 aliphatic rings. The van der Waals surface area contributed by atoms with Gasteiger partial charge in [0, 0.05) is 31.1 Å². The summed E-state index contributed by atoms with van der Waals surface area (Å²) in [5.74, 6) is 1.78. The van der Waals surface area contributed by atoms with Crippen LogP contribution in [0, 0.1) is 11.8 Å². The van der Waals surface area contributed by atoms with Crippen LogP contribution in [-0.4, -0.2) is 41.6 Å². The van der Waals surface area contributed by atoms with E-state index < -0.39 is 0 Å². The van der Waals surface area contributed by atoms with E-state index in [1.165, 1.54) is 0 Å². The molecule has 1 unspecified atom stereocenters. The topological polar surface area (TPSA) is 80.8 Å². The van der Waals surface area contributed by atoms with Crippen molar-refractivity contribution in [1.82, 2.24) is 15.2 Å². The van der Waals surface area contributed by atoms with Crippen molar-refractivity contribution in [3.05, 3.63) is 53.9 Å². The molecule has 2 aromatic rings. The minimum atomic E-state index is -0.376. The molecule has 0 bridgehead atoms. The largest absolute Gasteiger partial charge is 0.454 e. The number of piperidine rings is 1. The molecule has 1 atom stereocenters. The van der Waals surface area contributed by atoms with Gasteiger partial charge in [0.2, 0.25) is 18.6 Å². The van der Waals surface area contributed by atoms with Gasteiger partial charge in [-0.2, -0.15) is 0 Å². The van der Waals surface area contributed by atoms with E-state index in [-0.39, 0.29) is 36.5 Å². The minimum absolute atomic E-state index is 0.00170. The van der Waals surface area contributed by atoms with Crippen LogP contribution in [0.25, 0.3) is 0 Å². The second-order valence-corrected chi connectivity index (χ2v) is 8.18. The van der Waals surface area contributed by atoms with Gasteiger partial charge in [0.1, 0.15) is 0 Å². The highest BCUT2D eigenvalue weighted by molar-refractivity contribution is 5.82. The molecule has 2 aliphatic heterocycles. The average Bonchev–Trinajstić information content (AvgIpc) is 3.54. The summed E-state index contributed by atoms with van der Waals surface area (Å²) in [6.45, 7) is 1.52. The fraction of sp³-hybridized carbons (Fsp3) is 0.435. The molecular weight excluding hydrogens is 382 g/mol.